The second-order valence-corrected chi connectivity index (χ2v) is 10.0. The van der Waals surface area contributed by atoms with Crippen molar-refractivity contribution in [3.8, 4) is 16.9 Å². The molecule has 1 unspecified atom stereocenters. The van der Waals surface area contributed by atoms with Gasteiger partial charge in [-0.3, -0.25) is 0 Å². The lowest BCUT2D eigenvalue weighted by atomic mass is 10.1. The van der Waals surface area contributed by atoms with Gasteiger partial charge in [0.05, 0.1) is 35.9 Å². The molecule has 0 aliphatic heterocycles. The quantitative estimate of drug-likeness (QED) is 0.287. The molecule has 1 atom stereocenters. The largest absolute Gasteiger partial charge is 0.569 e. The predicted molar refractivity (Wildman–Crippen MR) is 144 cm³/mol. The van der Waals surface area contributed by atoms with Crippen molar-refractivity contribution in [2.24, 2.45) is 0 Å². The van der Waals surface area contributed by atoms with Crippen LogP contribution in [0.3, 0.4) is 0 Å². The van der Waals surface area contributed by atoms with Crippen LogP contribution in [-0.2, 0) is 0 Å². The normalized spacial score (nSPS) is 21.6. The van der Waals surface area contributed by atoms with Crippen LogP contribution < -0.4 is 25.4 Å². The van der Waals surface area contributed by atoms with Gasteiger partial charge in [-0.05, 0) is 44.0 Å². The minimum Gasteiger partial charge on any atom is -0.537 e. The molecule has 2 nitrogen and oxygen atoms in total. The van der Waals surface area contributed by atoms with Crippen LogP contribution >= 0.6 is 0 Å². The minimum absolute atomic E-state index is 0.0141. The van der Waals surface area contributed by atoms with E-state index < -0.39 is 179 Å². The summed E-state index contributed by atoms with van der Waals surface area (Å²) in [4.78, 5) is 0. The highest BCUT2D eigenvalue weighted by atomic mass is 28.3. The van der Waals surface area contributed by atoms with Crippen LogP contribution in [0.25, 0.3) is 11.1 Å². The van der Waals surface area contributed by atoms with Crippen LogP contribution in [0.4, 0.5) is 0 Å². The van der Waals surface area contributed by atoms with E-state index in [1.165, 1.54) is 0 Å². The fourth-order valence-electron chi connectivity index (χ4n) is 3.35. The van der Waals surface area contributed by atoms with E-state index in [2.05, 4.69) is 0 Å². The van der Waals surface area contributed by atoms with E-state index in [-0.39, 0.29) is 7.69 Å². The van der Waals surface area contributed by atoms with Gasteiger partial charge in [0.1, 0.15) is 0 Å². The smallest absolute Gasteiger partial charge is 0.537 e. The van der Waals surface area contributed by atoms with E-state index in [1.54, 1.807) is 0 Å². The second-order valence-electron chi connectivity index (χ2n) is 6.50. The Bertz CT molecular complexity index is 2490. The minimum atomic E-state index is -5.98. The molecule has 34 heavy (non-hydrogen) atoms. The van der Waals surface area contributed by atoms with Crippen LogP contribution in [0.5, 0.6) is 5.75 Å². The zero-order chi connectivity index (χ0) is 42.4. The average molecular weight is 478 g/mol. The molecule has 1 N–H and O–H groups in total. The standard InChI is InChI=1S/C30H24BO2Si/c32-31-33-26-15-11-21-30(23-26)34(27-16-6-2-7-17-27,28-18-8-3-9-19-28)29-20-10-14-25(22-29)24-12-4-1-5-13-24/h1-23,32H/i1D,2D,3D,4D,5D,6D,7D,8D,9D,10D,11D,12D,13D,14D,15D,16D,17D,18D,20D,21D,22D,23D. The zero-order valence-corrected chi connectivity index (χ0v) is 18.0. The first kappa shape index (κ1) is 8.12. The molecule has 0 fully saturated rings. The summed E-state index contributed by atoms with van der Waals surface area (Å²) in [7, 11) is -6.00. The van der Waals surface area contributed by atoms with Crippen LogP contribution in [0.15, 0.2) is 139 Å². The molecular weight excluding hydrogens is 431 g/mol. The first-order valence-corrected chi connectivity index (χ1v) is 11.5. The van der Waals surface area contributed by atoms with Crippen molar-refractivity contribution >= 4 is 36.5 Å². The van der Waals surface area contributed by atoms with E-state index >= 15 is 0 Å². The highest BCUT2D eigenvalue weighted by molar-refractivity contribution is 7.19. The fraction of sp³-hybridized carbons (Fsp3) is 0. The van der Waals surface area contributed by atoms with E-state index in [0.717, 1.165) is 0 Å². The summed E-state index contributed by atoms with van der Waals surface area (Å²) in [6, 6.07) is -22.5. The topological polar surface area (TPSA) is 29.5 Å². The third-order valence-corrected chi connectivity index (χ3v) is 8.80. The Hall–Kier alpha value is -3.86. The average Bonchev–Trinajstić information content (AvgIpc) is 3.16. The van der Waals surface area contributed by atoms with Gasteiger partial charge in [0.15, 0.2) is 8.07 Å². The Balaban J connectivity index is 2.36. The molecule has 0 saturated carbocycles. The summed E-state index contributed by atoms with van der Waals surface area (Å²) in [5.74, 6) is -0.999. The van der Waals surface area contributed by atoms with Crippen molar-refractivity contribution in [1.29, 1.82) is 0 Å². The number of rotatable bonds is 7. The van der Waals surface area contributed by atoms with Gasteiger partial charge < -0.3 is 9.68 Å². The molecule has 1 radical (unpaired) electrons. The molecule has 0 bridgehead atoms. The Morgan fingerprint density at radius 2 is 1.12 bits per heavy atom. The molecule has 0 heterocycles. The SMILES string of the molecule is [2H]c1cc([Si](c2c([2H])c([2H])c([2H])c([2H])c2[2H])(c2c([2H])c([2H])c([2H])c(O[B]O)c2[2H])c2c([2H])c([2H])c([2H])c(-c3c([2H])c([2H])c([2H])c([2H])c3[2H])c2[2H])c([2H])c([2H])c1[2H]. The summed E-state index contributed by atoms with van der Waals surface area (Å²) in [5.41, 5.74) is -1.80. The third kappa shape index (κ3) is 4.10. The zero-order valence-electron chi connectivity index (χ0n) is 39.0. The Kier molecular flexibility index (Phi) is 2.38. The highest BCUT2D eigenvalue weighted by Gasteiger charge is 2.41. The molecule has 0 aromatic heterocycles. The number of hydrogen-bond donors (Lipinski definition) is 1. The van der Waals surface area contributed by atoms with Crippen molar-refractivity contribution in [3.63, 3.8) is 0 Å². The summed E-state index contributed by atoms with van der Waals surface area (Å²) in [6.45, 7) is 0. The maximum Gasteiger partial charge on any atom is 0.569 e. The van der Waals surface area contributed by atoms with Crippen molar-refractivity contribution in [2.45, 2.75) is 0 Å². The van der Waals surface area contributed by atoms with E-state index in [9.17, 15) is 14.6 Å². The van der Waals surface area contributed by atoms with Gasteiger partial charge in [0, 0.05) is 0 Å². The van der Waals surface area contributed by atoms with E-state index in [4.69, 9.17) is 25.2 Å². The summed E-state index contributed by atoms with van der Waals surface area (Å²) in [5, 5.41) is 5.80. The van der Waals surface area contributed by atoms with Gasteiger partial charge >= 0.3 is 7.69 Å². The molecule has 5 aromatic carbocycles. The van der Waals surface area contributed by atoms with Gasteiger partial charge in [-0.15, -0.1) is 0 Å². The fourth-order valence-corrected chi connectivity index (χ4v) is 7.06. The summed E-state index contributed by atoms with van der Waals surface area (Å²) in [6.07, 6.45) is 0. The molecular formula is C30H24BO2Si. The Morgan fingerprint density at radius 3 is 1.85 bits per heavy atom. The van der Waals surface area contributed by atoms with Crippen LogP contribution in [0.1, 0.15) is 30.2 Å². The van der Waals surface area contributed by atoms with Crippen molar-refractivity contribution < 1.29 is 39.8 Å². The van der Waals surface area contributed by atoms with Crippen molar-refractivity contribution in [3.05, 3.63) is 139 Å². The maximum absolute atomic E-state index is 9.68. The molecule has 0 aliphatic rings. The van der Waals surface area contributed by atoms with Gasteiger partial charge in [0.25, 0.3) is 0 Å². The van der Waals surface area contributed by atoms with Gasteiger partial charge in [0.2, 0.25) is 0 Å². The molecule has 0 saturated heterocycles. The monoisotopic (exact) mass is 477 g/mol. The Labute approximate surface area is 233 Å². The van der Waals surface area contributed by atoms with Crippen LogP contribution in [0.2, 0.25) is 0 Å². The lowest BCUT2D eigenvalue weighted by molar-refractivity contribution is 0.454. The van der Waals surface area contributed by atoms with E-state index in [1.807, 2.05) is 0 Å². The summed E-state index contributed by atoms with van der Waals surface area (Å²) < 4.78 is 198. The molecule has 5 rings (SSSR count). The predicted octanol–water partition coefficient (Wildman–Crippen LogP) is 3.64. The third-order valence-electron chi connectivity index (χ3n) is 4.72. The maximum atomic E-state index is 9.68. The van der Waals surface area contributed by atoms with Crippen molar-refractivity contribution in [2.75, 3.05) is 0 Å². The first-order valence-electron chi connectivity index (χ1n) is 20.5. The lowest BCUT2D eigenvalue weighted by Gasteiger charge is -2.35. The van der Waals surface area contributed by atoms with Gasteiger partial charge in [-0.2, -0.15) is 0 Å². The molecule has 0 amide bonds. The Morgan fingerprint density at radius 1 is 0.559 bits per heavy atom. The highest BCUT2D eigenvalue weighted by Crippen LogP contribution is 2.20. The lowest BCUT2D eigenvalue weighted by Crippen LogP contribution is -2.74. The molecule has 4 heteroatoms. The molecule has 5 aromatic rings. The summed E-state index contributed by atoms with van der Waals surface area (Å²) >= 11 is 0. The number of benzene rings is 5. The molecule has 163 valence electrons. The number of hydrogen-bond acceptors (Lipinski definition) is 2. The van der Waals surface area contributed by atoms with Crippen molar-refractivity contribution in [1.82, 2.24) is 0 Å². The van der Waals surface area contributed by atoms with Gasteiger partial charge in [-0.25, -0.2) is 0 Å². The molecule has 0 aliphatic carbocycles. The van der Waals surface area contributed by atoms with E-state index in [0.29, 0.717) is 6.07 Å². The van der Waals surface area contributed by atoms with Crippen LogP contribution in [-0.4, -0.2) is 20.8 Å². The molecule has 0 spiro atoms. The van der Waals surface area contributed by atoms with Crippen LogP contribution in [0, 0.1) is 0 Å². The first-order chi connectivity index (χ1) is 26.0. The van der Waals surface area contributed by atoms with Gasteiger partial charge in [-0.1, -0.05) is 127 Å². The second kappa shape index (κ2) is 9.96.